The lowest BCUT2D eigenvalue weighted by molar-refractivity contribution is -0.300. The normalized spacial score (nSPS) is 29.7. The highest BCUT2D eigenvalue weighted by atomic mass is 31.0. The lowest BCUT2D eigenvalue weighted by Gasteiger charge is -2.21. The van der Waals surface area contributed by atoms with Crippen molar-refractivity contribution in [2.45, 2.75) is 62.2 Å². The third-order valence-electron chi connectivity index (χ3n) is 7.66. The third-order valence-corrected chi connectivity index (χ3v) is 7.86. The number of ether oxygens (including phenoxy) is 3. The zero-order valence-electron chi connectivity index (χ0n) is 22.6. The topological polar surface area (TPSA) is 240 Å². The Morgan fingerprint density at radius 1 is 1.02 bits per heavy atom. The molecular weight excluding hydrogens is 615 g/mol. The molecule has 6 heterocycles. The first-order valence-electron chi connectivity index (χ1n) is 13.3. The molecule has 6 rings (SSSR count). The van der Waals surface area contributed by atoms with Crippen molar-refractivity contribution >= 4 is 37.7 Å². The van der Waals surface area contributed by atoms with E-state index in [1.807, 2.05) is 0 Å². The van der Waals surface area contributed by atoms with E-state index in [0.717, 1.165) is 0 Å². The molecule has 0 aliphatic carbocycles. The van der Waals surface area contributed by atoms with Crippen molar-refractivity contribution in [1.82, 2.24) is 39.0 Å². The molecule has 10 atom stereocenters. The van der Waals surface area contributed by atoms with Gasteiger partial charge in [0.05, 0.1) is 44.4 Å². The van der Waals surface area contributed by atoms with Crippen LogP contribution in [0.2, 0.25) is 0 Å². The number of imidazole rings is 2. The van der Waals surface area contributed by atoms with Crippen LogP contribution in [-0.2, 0) is 23.6 Å². The van der Waals surface area contributed by atoms with Crippen molar-refractivity contribution < 1.29 is 42.8 Å². The first-order chi connectivity index (χ1) is 21.2. The average molecular weight is 644 g/mol. The molecule has 2 saturated heterocycles. The van der Waals surface area contributed by atoms with Gasteiger partial charge in [-0.15, -0.1) is 0 Å². The number of hydrogen-bond donors (Lipinski definition) is 5. The van der Waals surface area contributed by atoms with E-state index in [4.69, 9.17) is 24.5 Å². The number of nitrogens with one attached hydrogen (secondary N) is 2. The second kappa shape index (κ2) is 12.5. The van der Waals surface area contributed by atoms with Crippen molar-refractivity contribution in [3.05, 3.63) is 39.7 Å². The minimum absolute atomic E-state index is 0.0114. The number of aromatic amines is 2. The van der Waals surface area contributed by atoms with Gasteiger partial charge in [0.1, 0.15) is 0 Å². The van der Waals surface area contributed by atoms with Gasteiger partial charge in [-0.3, -0.25) is 29.0 Å². The summed E-state index contributed by atoms with van der Waals surface area (Å²) < 4.78 is 55.7. The predicted octanol–water partition coefficient (Wildman–Crippen LogP) is -0.298. The molecule has 2 aliphatic heterocycles. The molecule has 0 radical (unpaired) electrons. The lowest BCUT2D eigenvalue weighted by Crippen LogP contribution is -2.32. The highest BCUT2D eigenvalue weighted by molar-refractivity contribution is 7.09. The summed E-state index contributed by atoms with van der Waals surface area (Å²) in [5.74, 6) is -1.11. The van der Waals surface area contributed by atoms with Gasteiger partial charge < -0.3 is 34.6 Å². The van der Waals surface area contributed by atoms with Gasteiger partial charge in [0.15, 0.2) is 59.5 Å². The van der Waals surface area contributed by atoms with Crippen LogP contribution in [0.15, 0.2) is 28.6 Å². The number of rotatable bonds is 11. The molecule has 21 heteroatoms. The van der Waals surface area contributed by atoms with Crippen LogP contribution in [-0.4, -0.2) is 99.6 Å². The molecular formula is C23H28F2N9O9P. The summed E-state index contributed by atoms with van der Waals surface area (Å²) in [4.78, 5) is 49.2. The van der Waals surface area contributed by atoms with Gasteiger partial charge in [0.25, 0.3) is 11.1 Å². The van der Waals surface area contributed by atoms with E-state index in [9.17, 15) is 20.0 Å². The fourth-order valence-electron chi connectivity index (χ4n) is 5.50. The molecule has 2 aliphatic rings. The van der Waals surface area contributed by atoms with Gasteiger partial charge in [0, 0.05) is 21.8 Å². The van der Waals surface area contributed by atoms with Crippen molar-refractivity contribution in [2.24, 2.45) is 5.92 Å². The van der Waals surface area contributed by atoms with Gasteiger partial charge in [-0.1, -0.05) is 0 Å². The van der Waals surface area contributed by atoms with Crippen molar-refractivity contribution in [3.63, 3.8) is 0 Å². The van der Waals surface area contributed by atoms with Gasteiger partial charge >= 0.3 is 0 Å². The summed E-state index contributed by atoms with van der Waals surface area (Å²) in [5, 5.41) is 20.0. The second-order valence-corrected chi connectivity index (χ2v) is 10.6. The van der Waals surface area contributed by atoms with Gasteiger partial charge in [0.2, 0.25) is 5.95 Å². The fraction of sp³-hybridized carbons (Fsp3) is 0.565. The van der Waals surface area contributed by atoms with E-state index >= 15 is 8.78 Å². The van der Waals surface area contributed by atoms with Crippen LogP contribution in [0.25, 0.3) is 22.3 Å². The number of aliphatic hydroxyl groups excluding tert-OH is 1. The van der Waals surface area contributed by atoms with Gasteiger partial charge in [-0.25, -0.2) is 28.6 Å². The summed E-state index contributed by atoms with van der Waals surface area (Å²) >= 11 is 0. The minimum atomic E-state index is -1.86. The highest BCUT2D eigenvalue weighted by Gasteiger charge is 2.49. The number of fused-ring (bicyclic) bond motifs is 2. The van der Waals surface area contributed by atoms with Crippen LogP contribution in [0.4, 0.5) is 14.7 Å². The first kappa shape index (κ1) is 30.5. The monoisotopic (exact) mass is 643 g/mol. The quantitative estimate of drug-likeness (QED) is 0.0611. The maximum Gasteiger partial charge on any atom is 0.280 e. The number of halogens is 2. The smallest absolute Gasteiger partial charge is 0.280 e. The Bertz CT molecular complexity index is 1740. The number of anilines is 1. The lowest BCUT2D eigenvalue weighted by atomic mass is 10.0. The maximum atomic E-state index is 15.7. The van der Waals surface area contributed by atoms with Crippen LogP contribution in [0.3, 0.4) is 0 Å². The molecule has 4 aromatic rings. The van der Waals surface area contributed by atoms with Crippen LogP contribution in [0, 0.1) is 5.92 Å². The number of nitrogens with two attached hydrogens (primary N) is 1. The molecule has 0 saturated carbocycles. The van der Waals surface area contributed by atoms with Crippen molar-refractivity contribution in [2.75, 3.05) is 18.9 Å². The molecule has 0 amide bonds. The molecule has 238 valence electrons. The van der Waals surface area contributed by atoms with E-state index in [1.54, 1.807) is 0 Å². The Balaban J connectivity index is 1.09. The van der Waals surface area contributed by atoms with E-state index in [-0.39, 0.29) is 54.3 Å². The van der Waals surface area contributed by atoms with Gasteiger partial charge in [-0.2, -0.15) is 4.98 Å². The van der Waals surface area contributed by atoms with E-state index in [0.29, 0.717) is 0 Å². The molecule has 6 N–H and O–H groups in total. The van der Waals surface area contributed by atoms with E-state index in [1.165, 1.54) is 28.1 Å². The molecule has 2 unspecified atom stereocenters. The second-order valence-electron chi connectivity index (χ2n) is 10.3. The summed E-state index contributed by atoms with van der Waals surface area (Å²) in [6, 6.07) is 0. The molecule has 44 heavy (non-hydrogen) atoms. The minimum Gasteiger partial charge on any atom is -0.369 e. The zero-order chi connectivity index (χ0) is 31.1. The number of alkyl halides is 2. The van der Waals surface area contributed by atoms with Crippen molar-refractivity contribution in [1.29, 1.82) is 0 Å². The molecule has 0 spiro atoms. The number of aromatic nitrogens is 8. The fourth-order valence-corrected chi connectivity index (χ4v) is 5.69. The largest absolute Gasteiger partial charge is 0.369 e. The van der Waals surface area contributed by atoms with E-state index < -0.39 is 66.4 Å². The number of hydrogen-bond acceptors (Lipinski definition) is 14. The van der Waals surface area contributed by atoms with Crippen LogP contribution in [0.1, 0.15) is 25.3 Å². The number of nitrogen functional groups attached to an aromatic ring is 1. The number of H-pyrrole nitrogens is 2. The van der Waals surface area contributed by atoms with Gasteiger partial charge in [-0.05, 0) is 6.42 Å². The predicted molar refractivity (Wildman–Crippen MR) is 146 cm³/mol. The standard InChI is InChI=1S/C23H28F2N9O9P/c24-12-8(10(4-40-44)42-21(12)33-6-29-14-17(33)27-5-28-19(14)36)3-39-11(35)2-1-9-13(25)16(43-38)22(41-9)34-7-30-15-18(34)31-23(26)32-20(15)37/h5-13,16,21-22,35,38H,1-4,44H2,(H,27,28,36)(H3,26,31,32,37)/t8-,9-,10-,11?,12-,13-,16-,21-,22-/m1/s1. The molecule has 2 fully saturated rings. The Morgan fingerprint density at radius 2 is 1.73 bits per heavy atom. The zero-order valence-corrected chi connectivity index (χ0v) is 23.8. The Kier molecular flexibility index (Phi) is 8.66. The SMILES string of the molecule is Nc1nc2c(ncn2[C@@H]2O[C@H](CCC(O)OC[C@H]3[C@@H](F)[C@H](n4cnc5c(=O)[nH]cnc54)O[C@@H]3COP)[C@@H](F)[C@H]2OO)c(=O)[nH]1. The van der Waals surface area contributed by atoms with Crippen LogP contribution < -0.4 is 16.9 Å². The highest BCUT2D eigenvalue weighted by Crippen LogP contribution is 2.39. The molecule has 0 bridgehead atoms. The summed E-state index contributed by atoms with van der Waals surface area (Å²) in [7, 11) is 2.05. The molecule has 4 aromatic heterocycles. The number of aliphatic hydroxyl groups is 1. The Labute approximate surface area is 246 Å². The number of nitrogens with zero attached hydrogens (tertiary/aromatic N) is 6. The van der Waals surface area contributed by atoms with Crippen LogP contribution >= 0.6 is 9.47 Å². The van der Waals surface area contributed by atoms with Crippen LogP contribution in [0.5, 0.6) is 0 Å². The third kappa shape index (κ3) is 5.47. The average Bonchev–Trinajstić information content (AvgIpc) is 3.75. The Morgan fingerprint density at radius 3 is 2.45 bits per heavy atom. The van der Waals surface area contributed by atoms with Crippen molar-refractivity contribution in [3.8, 4) is 0 Å². The molecule has 18 nitrogen and oxygen atoms in total. The summed E-state index contributed by atoms with van der Waals surface area (Å²) in [5.41, 5.74) is 4.56. The Hall–Kier alpha value is -3.49. The van der Waals surface area contributed by atoms with E-state index in [2.05, 4.69) is 44.3 Å². The summed E-state index contributed by atoms with van der Waals surface area (Å²) in [6.07, 6.45) is -7.57. The molecule has 0 aromatic carbocycles. The summed E-state index contributed by atoms with van der Waals surface area (Å²) in [6.45, 7) is -0.318. The maximum absolute atomic E-state index is 15.7. The first-order valence-corrected chi connectivity index (χ1v) is 13.8.